The highest BCUT2D eigenvalue weighted by Gasteiger charge is 2.42. The van der Waals surface area contributed by atoms with Gasteiger partial charge in [-0.25, -0.2) is 8.42 Å². The number of fused-ring (bicyclic) bond motifs is 1. The molecule has 0 unspecified atom stereocenters. The maximum absolute atomic E-state index is 12.4. The van der Waals surface area contributed by atoms with Crippen LogP contribution in [0.5, 0.6) is 0 Å². The molecule has 2 aliphatic rings. The van der Waals surface area contributed by atoms with E-state index in [9.17, 15) is 8.42 Å². The average Bonchev–Trinajstić information content (AvgIpc) is 3.51. The monoisotopic (exact) mass is 467 g/mol. The predicted molar refractivity (Wildman–Crippen MR) is 125 cm³/mol. The second-order valence-electron chi connectivity index (χ2n) is 9.30. The van der Waals surface area contributed by atoms with Gasteiger partial charge in [-0.1, -0.05) is 25.0 Å². The summed E-state index contributed by atoms with van der Waals surface area (Å²) in [5.41, 5.74) is 5.71. The van der Waals surface area contributed by atoms with E-state index in [0.717, 1.165) is 79.4 Å². The molecule has 2 aliphatic carbocycles. The van der Waals surface area contributed by atoms with Crippen LogP contribution in [0.4, 0.5) is 0 Å². The Balaban J connectivity index is 1.87. The van der Waals surface area contributed by atoms with Crippen molar-refractivity contribution in [1.82, 2.24) is 25.6 Å². The van der Waals surface area contributed by atoms with Crippen molar-refractivity contribution in [2.24, 2.45) is 0 Å². The van der Waals surface area contributed by atoms with Crippen LogP contribution in [0.25, 0.3) is 22.5 Å². The molecule has 0 spiro atoms. The third-order valence-corrected chi connectivity index (χ3v) is 8.19. The number of H-pyrrole nitrogens is 1. The Kier molecular flexibility index (Phi) is 5.78. The van der Waals surface area contributed by atoms with Gasteiger partial charge in [0.05, 0.1) is 22.8 Å². The Morgan fingerprint density at radius 2 is 1.88 bits per heavy atom. The van der Waals surface area contributed by atoms with Crippen LogP contribution in [0, 0.1) is 0 Å². The highest BCUT2D eigenvalue weighted by molar-refractivity contribution is 7.90. The van der Waals surface area contributed by atoms with Crippen molar-refractivity contribution in [2.45, 2.75) is 61.7 Å². The number of methoxy groups -OCH3 is 1. The summed E-state index contributed by atoms with van der Waals surface area (Å²) < 4.78 is 30.5. The standard InChI is InChI=1S/C24H29N5O3S/c1-32-15-24(12-5-6-13-24)22-21(23-26-28-29-27-23)20(18-10-3-4-11-19(18)25-22)16-8-7-9-17(14-16)33(2,30)31/h7-9,14H,3-6,10-13,15H2,1-2H3,(H,26,27,28,29). The number of nitrogens with zero attached hydrogens (tertiary/aromatic N) is 4. The van der Waals surface area contributed by atoms with Crippen molar-refractivity contribution in [3.05, 3.63) is 41.2 Å². The van der Waals surface area contributed by atoms with Crippen LogP contribution in [0.3, 0.4) is 0 Å². The third-order valence-electron chi connectivity index (χ3n) is 7.08. The van der Waals surface area contributed by atoms with Crippen molar-refractivity contribution in [1.29, 1.82) is 0 Å². The van der Waals surface area contributed by atoms with E-state index < -0.39 is 9.84 Å². The van der Waals surface area contributed by atoms with Gasteiger partial charge in [-0.3, -0.25) is 4.98 Å². The van der Waals surface area contributed by atoms with Gasteiger partial charge in [0.2, 0.25) is 5.82 Å². The number of pyridine rings is 1. The van der Waals surface area contributed by atoms with Crippen LogP contribution in [-0.2, 0) is 32.8 Å². The van der Waals surface area contributed by atoms with Crippen molar-refractivity contribution in [3.8, 4) is 22.5 Å². The largest absolute Gasteiger partial charge is 0.384 e. The first-order chi connectivity index (χ1) is 15.9. The second-order valence-corrected chi connectivity index (χ2v) is 11.3. The van der Waals surface area contributed by atoms with E-state index >= 15 is 0 Å². The minimum absolute atomic E-state index is 0.222. The number of aromatic nitrogens is 5. The van der Waals surface area contributed by atoms with Gasteiger partial charge in [-0.2, -0.15) is 5.21 Å². The SMILES string of the molecule is COCC1(c2nc3c(c(-c4cccc(S(C)(=O)=O)c4)c2-c2nn[nH]n2)CCCC3)CCCC1. The Labute approximate surface area is 194 Å². The fraction of sp³-hybridized carbons (Fsp3) is 0.500. The smallest absolute Gasteiger partial charge is 0.207 e. The van der Waals surface area contributed by atoms with Crippen molar-refractivity contribution >= 4 is 9.84 Å². The zero-order valence-electron chi connectivity index (χ0n) is 19.1. The Morgan fingerprint density at radius 1 is 1.09 bits per heavy atom. The van der Waals surface area contributed by atoms with Crippen LogP contribution in [0.15, 0.2) is 29.2 Å². The number of hydrogen-bond donors (Lipinski definition) is 1. The lowest BCUT2D eigenvalue weighted by atomic mass is 9.76. The van der Waals surface area contributed by atoms with E-state index in [2.05, 4.69) is 20.6 Å². The van der Waals surface area contributed by atoms with Gasteiger partial charge in [0.1, 0.15) is 0 Å². The first kappa shape index (κ1) is 22.2. The summed E-state index contributed by atoms with van der Waals surface area (Å²) in [5, 5.41) is 15.2. The van der Waals surface area contributed by atoms with Gasteiger partial charge in [0.15, 0.2) is 9.84 Å². The summed E-state index contributed by atoms with van der Waals surface area (Å²) >= 11 is 0. The number of tetrazole rings is 1. The minimum atomic E-state index is -3.35. The maximum Gasteiger partial charge on any atom is 0.207 e. The van der Waals surface area contributed by atoms with E-state index in [-0.39, 0.29) is 5.41 Å². The number of ether oxygens (including phenoxy) is 1. The second kappa shape index (κ2) is 8.61. The zero-order chi connectivity index (χ0) is 23.1. The molecule has 8 nitrogen and oxygen atoms in total. The molecule has 33 heavy (non-hydrogen) atoms. The number of nitrogens with one attached hydrogen (secondary N) is 1. The lowest BCUT2D eigenvalue weighted by Gasteiger charge is -2.33. The molecular formula is C24H29N5O3S. The lowest BCUT2D eigenvalue weighted by Crippen LogP contribution is -2.31. The molecule has 174 valence electrons. The van der Waals surface area contributed by atoms with E-state index in [0.29, 0.717) is 17.3 Å². The predicted octanol–water partition coefficient (Wildman–Crippen LogP) is 3.67. The van der Waals surface area contributed by atoms with E-state index in [1.165, 1.54) is 11.8 Å². The molecule has 0 saturated heterocycles. The van der Waals surface area contributed by atoms with E-state index in [1.807, 2.05) is 12.1 Å². The summed E-state index contributed by atoms with van der Waals surface area (Å²) in [6.07, 6.45) is 9.43. The molecule has 0 bridgehead atoms. The van der Waals surface area contributed by atoms with Gasteiger partial charge < -0.3 is 4.74 Å². The first-order valence-corrected chi connectivity index (χ1v) is 13.4. The molecule has 0 radical (unpaired) electrons. The number of benzene rings is 1. The van der Waals surface area contributed by atoms with Crippen molar-refractivity contribution in [2.75, 3.05) is 20.0 Å². The van der Waals surface area contributed by atoms with Gasteiger partial charge in [-0.05, 0) is 72.6 Å². The third kappa shape index (κ3) is 3.97. The molecule has 3 aromatic rings. The Bertz CT molecular complexity index is 1270. The molecule has 1 N–H and O–H groups in total. The molecule has 2 heterocycles. The molecule has 0 atom stereocenters. The normalized spacial score (nSPS) is 17.8. The number of hydrogen-bond acceptors (Lipinski definition) is 7. The summed E-state index contributed by atoms with van der Waals surface area (Å²) in [7, 11) is -1.61. The Morgan fingerprint density at radius 3 is 2.58 bits per heavy atom. The number of aromatic amines is 1. The minimum Gasteiger partial charge on any atom is -0.384 e. The van der Waals surface area contributed by atoms with Gasteiger partial charge in [-0.15, -0.1) is 10.2 Å². The summed E-state index contributed by atoms with van der Waals surface area (Å²) in [5.74, 6) is 0.494. The highest BCUT2D eigenvalue weighted by atomic mass is 32.2. The van der Waals surface area contributed by atoms with Crippen LogP contribution >= 0.6 is 0 Å². The molecule has 0 amide bonds. The Hall–Kier alpha value is -2.65. The topological polar surface area (TPSA) is 111 Å². The van der Waals surface area contributed by atoms with Gasteiger partial charge in [0.25, 0.3) is 0 Å². The van der Waals surface area contributed by atoms with Crippen LogP contribution in [0.2, 0.25) is 0 Å². The average molecular weight is 468 g/mol. The molecule has 0 aliphatic heterocycles. The molecule has 1 fully saturated rings. The van der Waals surface area contributed by atoms with Crippen LogP contribution in [0.1, 0.15) is 55.5 Å². The maximum atomic E-state index is 12.4. The first-order valence-electron chi connectivity index (χ1n) is 11.5. The number of sulfone groups is 1. The summed E-state index contributed by atoms with van der Waals surface area (Å²) in [6.45, 7) is 0.576. The van der Waals surface area contributed by atoms with E-state index in [1.54, 1.807) is 19.2 Å². The molecule has 1 saturated carbocycles. The van der Waals surface area contributed by atoms with E-state index in [4.69, 9.17) is 9.72 Å². The zero-order valence-corrected chi connectivity index (χ0v) is 19.9. The molecule has 5 rings (SSSR count). The molecular weight excluding hydrogens is 438 g/mol. The fourth-order valence-electron chi connectivity index (χ4n) is 5.59. The van der Waals surface area contributed by atoms with Crippen molar-refractivity contribution < 1.29 is 13.2 Å². The molecule has 1 aromatic carbocycles. The quantitative estimate of drug-likeness (QED) is 0.589. The molecule has 2 aromatic heterocycles. The number of aryl methyl sites for hydroxylation is 1. The summed E-state index contributed by atoms with van der Waals surface area (Å²) in [4.78, 5) is 5.58. The van der Waals surface area contributed by atoms with Crippen LogP contribution in [-0.4, -0.2) is 54.0 Å². The van der Waals surface area contributed by atoms with Crippen LogP contribution < -0.4 is 0 Å². The molecule has 9 heteroatoms. The van der Waals surface area contributed by atoms with Crippen molar-refractivity contribution in [3.63, 3.8) is 0 Å². The lowest BCUT2D eigenvalue weighted by molar-refractivity contribution is 0.129. The van der Waals surface area contributed by atoms with Gasteiger partial charge >= 0.3 is 0 Å². The van der Waals surface area contributed by atoms with Gasteiger partial charge in [0, 0.05) is 24.5 Å². The summed E-state index contributed by atoms with van der Waals surface area (Å²) in [6, 6.07) is 7.20. The number of rotatable bonds is 6. The highest BCUT2D eigenvalue weighted by Crippen LogP contribution is 2.48. The fourth-order valence-corrected chi connectivity index (χ4v) is 6.26.